The summed E-state index contributed by atoms with van der Waals surface area (Å²) in [5.41, 5.74) is 6.00. The Morgan fingerprint density at radius 3 is 2.25 bits per heavy atom. The Bertz CT molecular complexity index is 105. The molecule has 2 heteroatoms. The predicted octanol–water partition coefficient (Wildman–Crippen LogP) is 0.684. The fourth-order valence-electron chi connectivity index (χ4n) is 0.271. The van der Waals surface area contributed by atoms with Gasteiger partial charge in [-0.1, -0.05) is 13.8 Å². The summed E-state index contributed by atoms with van der Waals surface area (Å²) in [6, 6.07) is 0. The molecular formula is C6H11NO. The van der Waals surface area contributed by atoms with E-state index >= 15 is 0 Å². The lowest BCUT2D eigenvalue weighted by atomic mass is 10.1. The number of nitrogens with two attached hydrogens (primary N) is 1. The lowest BCUT2D eigenvalue weighted by Gasteiger charge is -2.00. The highest BCUT2D eigenvalue weighted by molar-refractivity contribution is 5.65. The average Bonchev–Trinajstić information content (AvgIpc) is 1.67. The van der Waals surface area contributed by atoms with Gasteiger partial charge in [-0.3, -0.25) is 4.79 Å². The maximum Gasteiger partial charge on any atom is 0.144 e. The van der Waals surface area contributed by atoms with Crippen LogP contribution in [0.25, 0.3) is 0 Å². The number of hydrogen-bond donors (Lipinski definition) is 1. The smallest absolute Gasteiger partial charge is 0.144 e. The second-order valence-corrected chi connectivity index (χ2v) is 1.96. The van der Waals surface area contributed by atoms with E-state index in [0.717, 1.165) is 0 Å². The first kappa shape index (κ1) is 7.21. The maximum absolute atomic E-state index is 9.76. The van der Waals surface area contributed by atoms with Crippen LogP contribution in [-0.2, 0) is 4.79 Å². The normalized spacial score (nSPS) is 12.1. The van der Waals surface area contributed by atoms with Gasteiger partial charge in [0.1, 0.15) is 6.29 Å². The van der Waals surface area contributed by atoms with Gasteiger partial charge in [0, 0.05) is 5.70 Å². The highest BCUT2D eigenvalue weighted by atomic mass is 16.1. The van der Waals surface area contributed by atoms with Gasteiger partial charge in [0.25, 0.3) is 0 Å². The standard InChI is InChI=1S/C6H11NO/c1-5(2)6(7)3-4-8/h3-5H,7H2,1-2H3/b6-3-. The number of hydrogen-bond acceptors (Lipinski definition) is 2. The molecule has 0 spiro atoms. The molecule has 0 aromatic rings. The molecule has 0 fully saturated rings. The Morgan fingerprint density at radius 2 is 2.12 bits per heavy atom. The largest absolute Gasteiger partial charge is 0.402 e. The van der Waals surface area contributed by atoms with Crippen LogP contribution in [-0.4, -0.2) is 6.29 Å². The van der Waals surface area contributed by atoms with E-state index in [-0.39, 0.29) is 5.92 Å². The molecule has 0 amide bonds. The second kappa shape index (κ2) is 3.24. The van der Waals surface area contributed by atoms with Crippen LogP contribution >= 0.6 is 0 Å². The first-order chi connectivity index (χ1) is 3.68. The monoisotopic (exact) mass is 113 g/mol. The lowest BCUT2D eigenvalue weighted by molar-refractivity contribution is -0.104. The van der Waals surface area contributed by atoms with E-state index in [9.17, 15) is 4.79 Å². The fraction of sp³-hybridized carbons (Fsp3) is 0.500. The Labute approximate surface area is 49.4 Å². The third-order valence-corrected chi connectivity index (χ3v) is 0.927. The van der Waals surface area contributed by atoms with Crippen molar-refractivity contribution in [1.82, 2.24) is 0 Å². The van der Waals surface area contributed by atoms with Crippen molar-refractivity contribution < 1.29 is 4.79 Å². The number of carbonyl (C=O) groups is 1. The van der Waals surface area contributed by atoms with Crippen LogP contribution in [0.1, 0.15) is 13.8 Å². The van der Waals surface area contributed by atoms with Gasteiger partial charge in [-0.25, -0.2) is 0 Å². The molecule has 0 aliphatic carbocycles. The molecule has 46 valence electrons. The first-order valence-electron chi connectivity index (χ1n) is 2.59. The molecule has 0 aromatic heterocycles. The summed E-state index contributed by atoms with van der Waals surface area (Å²) in [6.45, 7) is 3.88. The SMILES string of the molecule is CC(C)/C(N)=C/C=O. The summed E-state index contributed by atoms with van der Waals surface area (Å²) in [7, 11) is 0. The zero-order chi connectivity index (χ0) is 6.57. The van der Waals surface area contributed by atoms with Gasteiger partial charge in [0.15, 0.2) is 0 Å². The van der Waals surface area contributed by atoms with Crippen LogP contribution in [0, 0.1) is 5.92 Å². The van der Waals surface area contributed by atoms with E-state index in [2.05, 4.69) is 0 Å². The van der Waals surface area contributed by atoms with Crippen molar-refractivity contribution in [1.29, 1.82) is 0 Å². The number of aldehydes is 1. The van der Waals surface area contributed by atoms with Crippen molar-refractivity contribution in [2.24, 2.45) is 11.7 Å². The quantitative estimate of drug-likeness (QED) is 0.423. The van der Waals surface area contributed by atoms with Gasteiger partial charge < -0.3 is 5.73 Å². The van der Waals surface area contributed by atoms with Crippen LogP contribution < -0.4 is 5.73 Å². The fourth-order valence-corrected chi connectivity index (χ4v) is 0.271. The number of rotatable bonds is 2. The summed E-state index contributed by atoms with van der Waals surface area (Å²) in [5.74, 6) is 0.278. The van der Waals surface area contributed by atoms with Crippen molar-refractivity contribution >= 4 is 6.29 Å². The predicted molar refractivity (Wildman–Crippen MR) is 33.2 cm³/mol. The van der Waals surface area contributed by atoms with E-state index in [1.165, 1.54) is 6.08 Å². The van der Waals surface area contributed by atoms with E-state index in [1.54, 1.807) is 0 Å². The average molecular weight is 113 g/mol. The molecular weight excluding hydrogens is 102 g/mol. The number of carbonyl (C=O) groups excluding carboxylic acids is 1. The van der Waals surface area contributed by atoms with E-state index in [1.807, 2.05) is 13.8 Å². The summed E-state index contributed by atoms with van der Waals surface area (Å²) in [4.78, 5) is 9.76. The van der Waals surface area contributed by atoms with Crippen LogP contribution in [0.4, 0.5) is 0 Å². The summed E-state index contributed by atoms with van der Waals surface area (Å²) >= 11 is 0. The Kier molecular flexibility index (Phi) is 2.92. The molecule has 0 rings (SSSR count). The van der Waals surface area contributed by atoms with Crippen molar-refractivity contribution in [3.05, 3.63) is 11.8 Å². The van der Waals surface area contributed by atoms with Gasteiger partial charge in [0.2, 0.25) is 0 Å². The van der Waals surface area contributed by atoms with E-state index in [0.29, 0.717) is 12.0 Å². The highest BCUT2D eigenvalue weighted by Gasteiger charge is 1.93. The van der Waals surface area contributed by atoms with Crippen LogP contribution in [0.5, 0.6) is 0 Å². The van der Waals surface area contributed by atoms with Crippen LogP contribution in [0.2, 0.25) is 0 Å². The minimum absolute atomic E-state index is 0.278. The van der Waals surface area contributed by atoms with Crippen LogP contribution in [0.15, 0.2) is 11.8 Å². The van der Waals surface area contributed by atoms with E-state index in [4.69, 9.17) is 5.73 Å². The molecule has 0 aromatic carbocycles. The molecule has 0 aliphatic heterocycles. The molecule has 2 N–H and O–H groups in total. The van der Waals surface area contributed by atoms with Gasteiger partial charge in [0.05, 0.1) is 0 Å². The molecule has 0 atom stereocenters. The van der Waals surface area contributed by atoms with Gasteiger partial charge >= 0.3 is 0 Å². The zero-order valence-corrected chi connectivity index (χ0v) is 5.22. The zero-order valence-electron chi connectivity index (χ0n) is 5.22. The second-order valence-electron chi connectivity index (χ2n) is 1.96. The van der Waals surface area contributed by atoms with Crippen molar-refractivity contribution in [2.45, 2.75) is 13.8 Å². The third kappa shape index (κ3) is 2.39. The van der Waals surface area contributed by atoms with Crippen LogP contribution in [0.3, 0.4) is 0 Å². The van der Waals surface area contributed by atoms with Gasteiger partial charge in [-0.15, -0.1) is 0 Å². The summed E-state index contributed by atoms with van der Waals surface area (Å²) < 4.78 is 0. The van der Waals surface area contributed by atoms with Crippen molar-refractivity contribution in [3.8, 4) is 0 Å². The summed E-state index contributed by atoms with van der Waals surface area (Å²) in [5, 5.41) is 0. The minimum atomic E-state index is 0.278. The highest BCUT2D eigenvalue weighted by Crippen LogP contribution is 1.98. The Morgan fingerprint density at radius 1 is 1.62 bits per heavy atom. The molecule has 0 saturated carbocycles. The number of allylic oxidation sites excluding steroid dienone is 2. The van der Waals surface area contributed by atoms with E-state index < -0.39 is 0 Å². The molecule has 0 unspecified atom stereocenters. The van der Waals surface area contributed by atoms with Crippen molar-refractivity contribution in [2.75, 3.05) is 0 Å². The Hall–Kier alpha value is -0.790. The topological polar surface area (TPSA) is 43.1 Å². The minimum Gasteiger partial charge on any atom is -0.402 e. The van der Waals surface area contributed by atoms with Gasteiger partial charge in [-0.05, 0) is 12.0 Å². The summed E-state index contributed by atoms with van der Waals surface area (Å²) in [6.07, 6.45) is 2.08. The van der Waals surface area contributed by atoms with Crippen molar-refractivity contribution in [3.63, 3.8) is 0 Å². The molecule has 2 nitrogen and oxygen atoms in total. The molecule has 0 heterocycles. The molecule has 8 heavy (non-hydrogen) atoms. The first-order valence-corrected chi connectivity index (χ1v) is 2.59. The maximum atomic E-state index is 9.76. The Balaban J connectivity index is 3.78. The lowest BCUT2D eigenvalue weighted by Crippen LogP contribution is -2.04. The molecule has 0 radical (unpaired) electrons. The third-order valence-electron chi connectivity index (χ3n) is 0.927. The molecule has 0 aliphatic rings. The van der Waals surface area contributed by atoms with Gasteiger partial charge in [-0.2, -0.15) is 0 Å². The molecule has 0 saturated heterocycles. The molecule has 0 bridgehead atoms.